The van der Waals surface area contributed by atoms with E-state index in [-0.39, 0.29) is 0 Å². The van der Waals surface area contributed by atoms with Crippen LogP contribution in [0.25, 0.3) is 0 Å². The Morgan fingerprint density at radius 2 is 1.68 bits per heavy atom. The van der Waals surface area contributed by atoms with Gasteiger partial charge in [0.05, 0.1) is 11.4 Å². The van der Waals surface area contributed by atoms with Gasteiger partial charge in [-0.2, -0.15) is 0 Å². The largest absolute Gasteiger partial charge is 0.366 e. The number of fused-ring (bicyclic) bond motifs is 1. The standard InChI is InChI=1S/C22H18N4O2/c23-21(27)19-7-3-1-5-15(19)13-24-17-9-11-18(12-10-17)25-22-20-8-4-2-6-16(20)14-28-26-22/h1-13H,14H2,(H2,23,27)(H,25,26)/b24-13+. The summed E-state index contributed by atoms with van der Waals surface area (Å²) >= 11 is 0. The van der Waals surface area contributed by atoms with Crippen molar-refractivity contribution in [3.05, 3.63) is 95.1 Å². The third-order valence-electron chi connectivity index (χ3n) is 4.34. The highest BCUT2D eigenvalue weighted by molar-refractivity contribution is 6.02. The van der Waals surface area contributed by atoms with Gasteiger partial charge in [-0.15, -0.1) is 0 Å². The van der Waals surface area contributed by atoms with Gasteiger partial charge in [0.25, 0.3) is 0 Å². The Bertz CT molecular complexity index is 1070. The van der Waals surface area contributed by atoms with Crippen LogP contribution in [0.2, 0.25) is 0 Å². The minimum atomic E-state index is -0.476. The predicted molar refractivity (Wildman–Crippen MR) is 109 cm³/mol. The number of nitrogens with zero attached hydrogens (tertiary/aromatic N) is 2. The Morgan fingerprint density at radius 3 is 2.50 bits per heavy atom. The summed E-state index contributed by atoms with van der Waals surface area (Å²) in [4.78, 5) is 25.9. The summed E-state index contributed by atoms with van der Waals surface area (Å²) in [5, 5.41) is 0. The summed E-state index contributed by atoms with van der Waals surface area (Å²) in [6.07, 6.45) is 1.63. The molecule has 0 fully saturated rings. The van der Waals surface area contributed by atoms with Crippen LogP contribution >= 0.6 is 0 Å². The lowest BCUT2D eigenvalue weighted by atomic mass is 10.1. The lowest BCUT2D eigenvalue weighted by Crippen LogP contribution is -2.30. The first-order valence-corrected chi connectivity index (χ1v) is 8.78. The van der Waals surface area contributed by atoms with Crippen molar-refractivity contribution in [1.82, 2.24) is 5.48 Å². The molecule has 0 saturated heterocycles. The lowest BCUT2D eigenvalue weighted by molar-refractivity contribution is 0.0652. The zero-order valence-electron chi connectivity index (χ0n) is 15.0. The van der Waals surface area contributed by atoms with E-state index in [9.17, 15) is 4.79 Å². The fraction of sp³-hybridized carbons (Fsp3) is 0.0455. The predicted octanol–water partition coefficient (Wildman–Crippen LogP) is 3.65. The van der Waals surface area contributed by atoms with Crippen molar-refractivity contribution >= 4 is 29.3 Å². The van der Waals surface area contributed by atoms with E-state index in [1.165, 1.54) is 0 Å². The van der Waals surface area contributed by atoms with Gasteiger partial charge in [0.15, 0.2) is 5.84 Å². The second-order valence-corrected chi connectivity index (χ2v) is 6.23. The Kier molecular flexibility index (Phi) is 4.95. The summed E-state index contributed by atoms with van der Waals surface area (Å²) in [6, 6.07) is 22.5. The molecule has 0 unspecified atom stereocenters. The minimum absolute atomic E-state index is 0.441. The Balaban J connectivity index is 1.55. The third kappa shape index (κ3) is 3.82. The fourth-order valence-corrected chi connectivity index (χ4v) is 2.92. The van der Waals surface area contributed by atoms with Crippen LogP contribution < -0.4 is 11.2 Å². The van der Waals surface area contributed by atoms with E-state index in [4.69, 9.17) is 10.6 Å². The van der Waals surface area contributed by atoms with Crippen molar-refractivity contribution in [1.29, 1.82) is 0 Å². The van der Waals surface area contributed by atoms with Gasteiger partial charge in [-0.25, -0.2) is 10.5 Å². The maximum Gasteiger partial charge on any atom is 0.249 e. The first-order valence-electron chi connectivity index (χ1n) is 8.78. The highest BCUT2D eigenvalue weighted by Gasteiger charge is 2.14. The average molecular weight is 370 g/mol. The Hall–Kier alpha value is -3.77. The molecule has 138 valence electrons. The molecule has 6 nitrogen and oxygen atoms in total. The summed E-state index contributed by atoms with van der Waals surface area (Å²) in [7, 11) is 0. The molecule has 28 heavy (non-hydrogen) atoms. The first-order chi connectivity index (χ1) is 13.7. The summed E-state index contributed by atoms with van der Waals surface area (Å²) in [6.45, 7) is 0.510. The van der Waals surface area contributed by atoms with E-state index in [1.807, 2.05) is 54.6 Å². The van der Waals surface area contributed by atoms with E-state index < -0.39 is 5.91 Å². The molecular formula is C22H18N4O2. The molecule has 1 amide bonds. The van der Waals surface area contributed by atoms with E-state index in [2.05, 4.69) is 15.5 Å². The number of rotatable bonds is 4. The van der Waals surface area contributed by atoms with E-state index >= 15 is 0 Å². The normalized spacial score (nSPS) is 14.6. The zero-order chi connectivity index (χ0) is 19.3. The highest BCUT2D eigenvalue weighted by Crippen LogP contribution is 2.22. The van der Waals surface area contributed by atoms with Gasteiger partial charge < -0.3 is 5.73 Å². The monoisotopic (exact) mass is 370 g/mol. The van der Waals surface area contributed by atoms with E-state index in [0.29, 0.717) is 23.6 Å². The molecule has 0 bridgehead atoms. The molecule has 3 aromatic carbocycles. The first kappa shape index (κ1) is 17.6. The molecule has 6 heteroatoms. The summed E-state index contributed by atoms with van der Waals surface area (Å²) in [5.74, 6) is 0.198. The second kappa shape index (κ2) is 7.85. The molecule has 0 radical (unpaired) electrons. The maximum absolute atomic E-state index is 11.5. The van der Waals surface area contributed by atoms with Gasteiger partial charge in [0.1, 0.15) is 6.61 Å². The second-order valence-electron chi connectivity index (χ2n) is 6.23. The SMILES string of the molecule is NC(=O)c1ccccc1/C=N/c1ccc(/N=C2\NOCc3ccccc32)cc1. The van der Waals surface area contributed by atoms with Crippen LogP contribution in [0.4, 0.5) is 11.4 Å². The van der Waals surface area contributed by atoms with E-state index in [0.717, 1.165) is 22.5 Å². The summed E-state index contributed by atoms with van der Waals surface area (Å²) in [5.41, 5.74) is 13.0. The maximum atomic E-state index is 11.5. The minimum Gasteiger partial charge on any atom is -0.366 e. The number of hydrogen-bond donors (Lipinski definition) is 2. The number of primary amides is 1. The number of aliphatic imine (C=N–C) groups is 2. The van der Waals surface area contributed by atoms with Crippen molar-refractivity contribution in [2.75, 3.05) is 0 Å². The van der Waals surface area contributed by atoms with Crippen LogP contribution in [-0.2, 0) is 11.4 Å². The Labute approximate surface area is 162 Å². The van der Waals surface area contributed by atoms with Gasteiger partial charge in [0.2, 0.25) is 5.91 Å². The molecule has 3 aromatic rings. The highest BCUT2D eigenvalue weighted by atomic mass is 16.6. The molecule has 3 N–H and O–H groups in total. The van der Waals surface area contributed by atoms with Crippen LogP contribution in [0, 0.1) is 0 Å². The number of nitrogens with one attached hydrogen (secondary N) is 1. The van der Waals surface area contributed by atoms with Gasteiger partial charge in [-0.3, -0.25) is 14.6 Å². The molecule has 4 rings (SSSR count). The Morgan fingerprint density at radius 1 is 0.964 bits per heavy atom. The van der Waals surface area contributed by atoms with Crippen molar-refractivity contribution in [3.63, 3.8) is 0 Å². The van der Waals surface area contributed by atoms with Crippen LogP contribution in [-0.4, -0.2) is 18.0 Å². The third-order valence-corrected chi connectivity index (χ3v) is 4.34. The van der Waals surface area contributed by atoms with Gasteiger partial charge in [-0.05, 0) is 35.9 Å². The molecule has 1 aliphatic heterocycles. The summed E-state index contributed by atoms with van der Waals surface area (Å²) < 4.78 is 0. The van der Waals surface area contributed by atoms with Gasteiger partial charge in [0, 0.05) is 22.9 Å². The number of carbonyl (C=O) groups excluding carboxylic acids is 1. The molecule has 0 spiro atoms. The van der Waals surface area contributed by atoms with Crippen molar-refractivity contribution in [2.45, 2.75) is 6.61 Å². The lowest BCUT2D eigenvalue weighted by Gasteiger charge is -2.19. The van der Waals surface area contributed by atoms with Crippen molar-refractivity contribution in [3.8, 4) is 0 Å². The van der Waals surface area contributed by atoms with Crippen LogP contribution in [0.15, 0.2) is 82.8 Å². The quantitative estimate of drug-likeness (QED) is 0.687. The van der Waals surface area contributed by atoms with Crippen molar-refractivity contribution < 1.29 is 9.63 Å². The average Bonchev–Trinajstić information content (AvgIpc) is 2.74. The molecular weight excluding hydrogens is 352 g/mol. The number of amides is 1. The van der Waals surface area contributed by atoms with Gasteiger partial charge >= 0.3 is 0 Å². The molecule has 0 saturated carbocycles. The topological polar surface area (TPSA) is 89.1 Å². The smallest absolute Gasteiger partial charge is 0.249 e. The molecule has 0 atom stereocenters. The number of amidine groups is 1. The molecule has 0 aliphatic carbocycles. The molecule has 0 aromatic heterocycles. The van der Waals surface area contributed by atoms with Crippen LogP contribution in [0.1, 0.15) is 27.0 Å². The number of hydroxylamine groups is 1. The van der Waals surface area contributed by atoms with E-state index in [1.54, 1.807) is 24.4 Å². The number of hydrogen-bond acceptors (Lipinski definition) is 4. The zero-order valence-corrected chi connectivity index (χ0v) is 15.0. The number of carbonyl (C=O) groups is 1. The molecule has 1 aliphatic rings. The van der Waals surface area contributed by atoms with Crippen LogP contribution in [0.3, 0.4) is 0 Å². The number of benzene rings is 3. The number of nitrogens with two attached hydrogens (primary N) is 1. The van der Waals surface area contributed by atoms with Crippen LogP contribution in [0.5, 0.6) is 0 Å². The van der Waals surface area contributed by atoms with Gasteiger partial charge in [-0.1, -0.05) is 42.5 Å². The fourth-order valence-electron chi connectivity index (χ4n) is 2.92. The molecule has 1 heterocycles. The van der Waals surface area contributed by atoms with Crippen molar-refractivity contribution in [2.24, 2.45) is 15.7 Å².